The number of hydrogen-bond donors (Lipinski definition) is 1. The molecule has 8 nitrogen and oxygen atoms in total. The van der Waals surface area contributed by atoms with Gasteiger partial charge in [0.1, 0.15) is 10.6 Å². The van der Waals surface area contributed by atoms with Crippen LogP contribution in [0, 0.1) is 0 Å². The van der Waals surface area contributed by atoms with Crippen molar-refractivity contribution in [1.82, 2.24) is 14.9 Å². The summed E-state index contributed by atoms with van der Waals surface area (Å²) in [6.45, 7) is 4.25. The number of rotatable bonds is 3. The van der Waals surface area contributed by atoms with Crippen LogP contribution in [0.2, 0.25) is 0 Å². The topological polar surface area (TPSA) is 67.8 Å². The highest BCUT2D eigenvalue weighted by Crippen LogP contribution is 2.40. The van der Waals surface area contributed by atoms with Crippen molar-refractivity contribution in [3.63, 3.8) is 0 Å². The first-order chi connectivity index (χ1) is 15.0. The first-order valence-corrected chi connectivity index (χ1v) is 11.2. The van der Waals surface area contributed by atoms with Gasteiger partial charge in [-0.15, -0.1) is 11.3 Å². The summed E-state index contributed by atoms with van der Waals surface area (Å²) < 4.78 is 0. The van der Waals surface area contributed by atoms with E-state index in [0.29, 0.717) is 22.3 Å². The number of nitrogens with zero attached hydrogens (tertiary/aromatic N) is 6. The highest BCUT2D eigenvalue weighted by Gasteiger charge is 2.30. The second-order valence-corrected chi connectivity index (χ2v) is 8.84. The van der Waals surface area contributed by atoms with Gasteiger partial charge in [-0.2, -0.15) is 4.98 Å². The molecule has 2 aliphatic heterocycles. The van der Waals surface area contributed by atoms with E-state index in [1.807, 2.05) is 23.4 Å². The van der Waals surface area contributed by atoms with Gasteiger partial charge in [0.05, 0.1) is 11.9 Å². The SMILES string of the molecule is CN1CCN(c2ccc(Nc3ncc4c(n3)N(C)c3ccsc3C(=O)N4C)cc2)CC1. The summed E-state index contributed by atoms with van der Waals surface area (Å²) >= 11 is 1.44. The fraction of sp³-hybridized carbons (Fsp3) is 0.318. The van der Waals surface area contributed by atoms with E-state index in [4.69, 9.17) is 4.98 Å². The molecule has 0 unspecified atom stereocenters. The third kappa shape index (κ3) is 3.60. The molecule has 1 aromatic carbocycles. The maximum atomic E-state index is 12.8. The van der Waals surface area contributed by atoms with Gasteiger partial charge in [0, 0.05) is 51.6 Å². The maximum Gasteiger partial charge on any atom is 0.270 e. The third-order valence-electron chi connectivity index (χ3n) is 5.93. The minimum Gasteiger partial charge on any atom is -0.369 e. The maximum absolute atomic E-state index is 12.8. The van der Waals surface area contributed by atoms with Gasteiger partial charge in [-0.1, -0.05) is 0 Å². The molecule has 3 aromatic rings. The molecule has 1 fully saturated rings. The van der Waals surface area contributed by atoms with E-state index in [0.717, 1.165) is 37.6 Å². The van der Waals surface area contributed by atoms with Crippen molar-refractivity contribution < 1.29 is 4.79 Å². The third-order valence-corrected chi connectivity index (χ3v) is 6.82. The first-order valence-electron chi connectivity index (χ1n) is 10.3. The Morgan fingerprint density at radius 3 is 2.42 bits per heavy atom. The molecule has 5 rings (SSSR count). The molecule has 9 heteroatoms. The van der Waals surface area contributed by atoms with Crippen LogP contribution < -0.4 is 20.0 Å². The number of nitrogens with one attached hydrogen (secondary N) is 1. The zero-order chi connectivity index (χ0) is 21.5. The van der Waals surface area contributed by atoms with Crippen LogP contribution in [0.5, 0.6) is 0 Å². The highest BCUT2D eigenvalue weighted by molar-refractivity contribution is 7.12. The molecule has 0 saturated carbocycles. The molecule has 4 heterocycles. The van der Waals surface area contributed by atoms with Crippen molar-refractivity contribution >= 4 is 51.8 Å². The summed E-state index contributed by atoms with van der Waals surface area (Å²) in [5.41, 5.74) is 3.70. The monoisotopic (exact) mass is 435 g/mol. The van der Waals surface area contributed by atoms with Crippen molar-refractivity contribution in [3.05, 3.63) is 46.8 Å². The van der Waals surface area contributed by atoms with E-state index in [1.54, 1.807) is 18.1 Å². The zero-order valence-corrected chi connectivity index (χ0v) is 18.7. The smallest absolute Gasteiger partial charge is 0.270 e. The molecular formula is C22H25N7OS. The molecule has 0 aliphatic carbocycles. The van der Waals surface area contributed by atoms with Crippen molar-refractivity contribution in [2.24, 2.45) is 0 Å². The van der Waals surface area contributed by atoms with E-state index in [2.05, 4.69) is 51.4 Å². The summed E-state index contributed by atoms with van der Waals surface area (Å²) in [7, 11) is 5.85. The Morgan fingerprint density at radius 1 is 0.935 bits per heavy atom. The molecule has 0 bridgehead atoms. The Balaban J connectivity index is 1.38. The van der Waals surface area contributed by atoms with Crippen molar-refractivity contribution in [2.45, 2.75) is 0 Å². The fourth-order valence-electron chi connectivity index (χ4n) is 3.96. The number of likely N-dealkylation sites (N-methyl/N-ethyl adjacent to an activating group) is 1. The van der Waals surface area contributed by atoms with Crippen molar-refractivity contribution in [2.75, 3.05) is 67.3 Å². The summed E-state index contributed by atoms with van der Waals surface area (Å²) in [6.07, 6.45) is 1.70. The van der Waals surface area contributed by atoms with E-state index in [-0.39, 0.29) is 5.91 Å². The number of hydrogen-bond acceptors (Lipinski definition) is 8. The average Bonchev–Trinajstić information content (AvgIpc) is 3.26. The predicted molar refractivity (Wildman–Crippen MR) is 127 cm³/mol. The van der Waals surface area contributed by atoms with Crippen molar-refractivity contribution in [3.8, 4) is 0 Å². The average molecular weight is 436 g/mol. The number of carbonyl (C=O) groups is 1. The molecule has 1 saturated heterocycles. The largest absolute Gasteiger partial charge is 0.369 e. The van der Waals surface area contributed by atoms with Crippen LogP contribution in [0.4, 0.5) is 34.5 Å². The Hall–Kier alpha value is -3.17. The lowest BCUT2D eigenvalue weighted by atomic mass is 10.2. The van der Waals surface area contributed by atoms with Gasteiger partial charge in [-0.25, -0.2) is 4.98 Å². The lowest BCUT2D eigenvalue weighted by Gasteiger charge is -2.34. The standard InChI is InChI=1S/C22H25N7OS/c1-26-9-11-29(12-10-26)16-6-4-15(5-7-16)24-22-23-14-18-20(25-22)27(2)17-8-13-31-19(17)21(30)28(18)3/h4-8,13-14H,9-12H2,1-3H3,(H,23,24,25). The van der Waals surface area contributed by atoms with Gasteiger partial charge in [0.15, 0.2) is 5.82 Å². The molecule has 0 atom stereocenters. The summed E-state index contributed by atoms with van der Waals surface area (Å²) in [5, 5.41) is 5.23. The Labute approximate surface area is 185 Å². The van der Waals surface area contributed by atoms with Gasteiger partial charge in [0.2, 0.25) is 5.95 Å². The summed E-state index contributed by atoms with van der Waals surface area (Å²) in [4.78, 5) is 31.0. The van der Waals surface area contributed by atoms with Crippen LogP contribution >= 0.6 is 11.3 Å². The van der Waals surface area contributed by atoms with Crippen LogP contribution in [-0.4, -0.2) is 68.1 Å². The summed E-state index contributed by atoms with van der Waals surface area (Å²) in [5.74, 6) is 1.15. The van der Waals surface area contributed by atoms with E-state index < -0.39 is 0 Å². The van der Waals surface area contributed by atoms with Gasteiger partial charge < -0.3 is 24.9 Å². The van der Waals surface area contributed by atoms with Crippen molar-refractivity contribution in [1.29, 1.82) is 0 Å². The van der Waals surface area contributed by atoms with Crippen LogP contribution in [0.25, 0.3) is 0 Å². The summed E-state index contributed by atoms with van der Waals surface area (Å²) in [6, 6.07) is 10.3. The molecular weight excluding hydrogens is 410 g/mol. The number of amides is 1. The fourth-order valence-corrected chi connectivity index (χ4v) is 4.86. The second kappa shape index (κ2) is 7.82. The van der Waals surface area contributed by atoms with E-state index in [1.165, 1.54) is 17.0 Å². The van der Waals surface area contributed by atoms with Gasteiger partial charge in [-0.3, -0.25) is 4.79 Å². The Morgan fingerprint density at radius 2 is 1.68 bits per heavy atom. The molecule has 0 radical (unpaired) electrons. The quantitative estimate of drug-likeness (QED) is 0.676. The molecule has 1 N–H and O–H groups in total. The molecule has 0 spiro atoms. The Bertz CT molecular complexity index is 1110. The molecule has 2 aromatic heterocycles. The minimum atomic E-state index is -0.0422. The van der Waals surface area contributed by atoms with Crippen LogP contribution in [0.15, 0.2) is 41.9 Å². The minimum absolute atomic E-state index is 0.0422. The second-order valence-electron chi connectivity index (χ2n) is 7.92. The number of anilines is 6. The number of thiophene rings is 1. The van der Waals surface area contributed by atoms with E-state index >= 15 is 0 Å². The molecule has 160 valence electrons. The molecule has 31 heavy (non-hydrogen) atoms. The zero-order valence-electron chi connectivity index (χ0n) is 17.9. The van der Waals surface area contributed by atoms with Crippen LogP contribution in [0.3, 0.4) is 0 Å². The number of carbonyl (C=O) groups excluding carboxylic acids is 1. The lowest BCUT2D eigenvalue weighted by Crippen LogP contribution is -2.44. The van der Waals surface area contributed by atoms with Gasteiger partial charge in [0.25, 0.3) is 5.91 Å². The highest BCUT2D eigenvalue weighted by atomic mass is 32.1. The number of fused-ring (bicyclic) bond motifs is 2. The first kappa shape index (κ1) is 19.8. The normalized spacial score (nSPS) is 16.7. The predicted octanol–water partition coefficient (Wildman–Crippen LogP) is 3.39. The van der Waals surface area contributed by atoms with Gasteiger partial charge >= 0.3 is 0 Å². The number of benzene rings is 1. The Kier molecular flexibility index (Phi) is 4.99. The molecule has 2 aliphatic rings. The van der Waals surface area contributed by atoms with Crippen LogP contribution in [0.1, 0.15) is 9.67 Å². The van der Waals surface area contributed by atoms with Gasteiger partial charge in [-0.05, 0) is 42.8 Å². The molecule has 1 amide bonds. The lowest BCUT2D eigenvalue weighted by molar-refractivity contribution is 0.0998. The van der Waals surface area contributed by atoms with E-state index in [9.17, 15) is 4.79 Å². The number of piperazine rings is 1. The van der Waals surface area contributed by atoms with Crippen LogP contribution in [-0.2, 0) is 0 Å². The number of aromatic nitrogens is 2.